The lowest BCUT2D eigenvalue weighted by Gasteiger charge is -2.27. The molecule has 0 fully saturated rings. The minimum absolute atomic E-state index is 0.0271. The molecule has 0 aliphatic rings. The fourth-order valence-electron chi connectivity index (χ4n) is 1.61. The minimum atomic E-state index is -4.64. The van der Waals surface area contributed by atoms with Crippen molar-refractivity contribution in [2.24, 2.45) is 11.1 Å². The number of hydrogen-bond donors (Lipinski definition) is 1. The van der Waals surface area contributed by atoms with Crippen molar-refractivity contribution in [1.29, 1.82) is 0 Å². The van der Waals surface area contributed by atoms with Gasteiger partial charge in [-0.05, 0) is 36.0 Å². The first kappa shape index (κ1) is 15.8. The molecule has 0 aliphatic heterocycles. The standard InChI is InChI=1S/C14H20F3NO/c1-13(2,3)12(18)9-6-10-4-7-11(8-5-10)19-14(15,16)17/h4-5,7-8,12H,6,9,18H2,1-3H3. The smallest absolute Gasteiger partial charge is 0.406 e. The zero-order valence-electron chi connectivity index (χ0n) is 11.4. The van der Waals surface area contributed by atoms with Gasteiger partial charge in [0.05, 0.1) is 0 Å². The molecule has 0 heterocycles. The van der Waals surface area contributed by atoms with Crippen molar-refractivity contribution < 1.29 is 17.9 Å². The molecule has 5 heteroatoms. The van der Waals surface area contributed by atoms with Gasteiger partial charge in [-0.15, -0.1) is 13.2 Å². The van der Waals surface area contributed by atoms with Crippen LogP contribution in [0, 0.1) is 5.41 Å². The molecule has 1 aromatic carbocycles. The molecule has 2 nitrogen and oxygen atoms in total. The summed E-state index contributed by atoms with van der Waals surface area (Å²) < 4.78 is 39.8. The maximum Gasteiger partial charge on any atom is 0.573 e. The Hall–Kier alpha value is -1.23. The van der Waals surface area contributed by atoms with Gasteiger partial charge in [-0.2, -0.15) is 0 Å². The quantitative estimate of drug-likeness (QED) is 0.904. The highest BCUT2D eigenvalue weighted by atomic mass is 19.4. The number of benzene rings is 1. The Morgan fingerprint density at radius 2 is 1.63 bits per heavy atom. The van der Waals surface area contributed by atoms with Crippen molar-refractivity contribution >= 4 is 0 Å². The molecule has 0 saturated heterocycles. The molecule has 0 aromatic heterocycles. The van der Waals surface area contributed by atoms with Crippen molar-refractivity contribution in [3.8, 4) is 5.75 Å². The van der Waals surface area contributed by atoms with Crippen LogP contribution in [-0.4, -0.2) is 12.4 Å². The van der Waals surface area contributed by atoms with Crippen LogP contribution in [0.5, 0.6) is 5.75 Å². The first-order valence-corrected chi connectivity index (χ1v) is 6.18. The van der Waals surface area contributed by atoms with E-state index in [9.17, 15) is 13.2 Å². The second kappa shape index (κ2) is 5.82. The first-order chi connectivity index (χ1) is 8.58. The summed E-state index contributed by atoms with van der Waals surface area (Å²) in [6.45, 7) is 6.20. The van der Waals surface area contributed by atoms with E-state index in [1.807, 2.05) is 0 Å². The number of hydrogen-bond acceptors (Lipinski definition) is 2. The maximum atomic E-state index is 12.0. The van der Waals surface area contributed by atoms with Crippen LogP contribution in [0.15, 0.2) is 24.3 Å². The van der Waals surface area contributed by atoms with Crippen LogP contribution in [0.3, 0.4) is 0 Å². The van der Waals surface area contributed by atoms with Gasteiger partial charge in [-0.25, -0.2) is 0 Å². The topological polar surface area (TPSA) is 35.2 Å². The summed E-state index contributed by atoms with van der Waals surface area (Å²) in [5.74, 6) is -0.198. The van der Waals surface area contributed by atoms with Crippen LogP contribution in [0.25, 0.3) is 0 Å². The first-order valence-electron chi connectivity index (χ1n) is 6.18. The molecular weight excluding hydrogens is 255 g/mol. The van der Waals surface area contributed by atoms with Crippen LogP contribution in [0.4, 0.5) is 13.2 Å². The molecule has 1 aromatic rings. The van der Waals surface area contributed by atoms with Gasteiger partial charge in [0.15, 0.2) is 0 Å². The molecule has 0 amide bonds. The largest absolute Gasteiger partial charge is 0.573 e. The van der Waals surface area contributed by atoms with Crippen LogP contribution < -0.4 is 10.5 Å². The van der Waals surface area contributed by atoms with Crippen molar-refractivity contribution in [3.63, 3.8) is 0 Å². The maximum absolute atomic E-state index is 12.0. The van der Waals surface area contributed by atoms with Crippen LogP contribution >= 0.6 is 0 Å². The van der Waals surface area contributed by atoms with Gasteiger partial charge in [-0.1, -0.05) is 32.9 Å². The highest BCUT2D eigenvalue weighted by molar-refractivity contribution is 5.27. The van der Waals surface area contributed by atoms with Gasteiger partial charge in [0, 0.05) is 6.04 Å². The predicted octanol–water partition coefficient (Wildman–Crippen LogP) is 3.89. The van der Waals surface area contributed by atoms with Gasteiger partial charge in [0.2, 0.25) is 0 Å². The summed E-state index contributed by atoms with van der Waals surface area (Å²) in [4.78, 5) is 0. The fraction of sp³-hybridized carbons (Fsp3) is 0.571. The van der Waals surface area contributed by atoms with Crippen LogP contribution in [0.2, 0.25) is 0 Å². The van der Waals surface area contributed by atoms with Gasteiger partial charge in [0.25, 0.3) is 0 Å². The Labute approximate surface area is 111 Å². The van der Waals surface area contributed by atoms with Gasteiger partial charge in [-0.3, -0.25) is 0 Å². The molecule has 1 rings (SSSR count). The van der Waals surface area contributed by atoms with Crippen LogP contribution in [-0.2, 0) is 6.42 Å². The highest BCUT2D eigenvalue weighted by Gasteiger charge is 2.30. The number of halogens is 3. The lowest BCUT2D eigenvalue weighted by molar-refractivity contribution is -0.274. The molecular formula is C14H20F3NO. The normalized spacial score (nSPS) is 14.3. The number of ether oxygens (including phenoxy) is 1. The molecule has 19 heavy (non-hydrogen) atoms. The summed E-state index contributed by atoms with van der Waals surface area (Å²) >= 11 is 0. The monoisotopic (exact) mass is 275 g/mol. The van der Waals surface area contributed by atoms with Crippen molar-refractivity contribution in [1.82, 2.24) is 0 Å². The average molecular weight is 275 g/mol. The predicted molar refractivity (Wildman–Crippen MR) is 68.9 cm³/mol. The van der Waals surface area contributed by atoms with E-state index < -0.39 is 6.36 Å². The number of rotatable bonds is 4. The van der Waals surface area contributed by atoms with Crippen molar-refractivity contribution in [3.05, 3.63) is 29.8 Å². The summed E-state index contributed by atoms with van der Waals surface area (Å²) in [5, 5.41) is 0. The average Bonchev–Trinajstić information content (AvgIpc) is 2.24. The van der Waals surface area contributed by atoms with Crippen molar-refractivity contribution in [2.45, 2.75) is 46.0 Å². The zero-order chi connectivity index (χ0) is 14.7. The Kier molecular flexibility index (Phi) is 4.85. The molecule has 0 bridgehead atoms. The van der Waals surface area contributed by atoms with E-state index in [-0.39, 0.29) is 17.2 Å². The Morgan fingerprint density at radius 3 is 2.05 bits per heavy atom. The molecule has 0 aliphatic carbocycles. The number of aryl methyl sites for hydroxylation is 1. The Morgan fingerprint density at radius 1 is 1.11 bits per heavy atom. The van der Waals surface area contributed by atoms with E-state index in [4.69, 9.17) is 5.73 Å². The minimum Gasteiger partial charge on any atom is -0.406 e. The van der Waals surface area contributed by atoms with E-state index >= 15 is 0 Å². The summed E-state index contributed by atoms with van der Waals surface area (Å²) in [7, 11) is 0. The molecule has 108 valence electrons. The second-order valence-corrected chi connectivity index (χ2v) is 5.70. The van der Waals surface area contributed by atoms with E-state index in [1.165, 1.54) is 12.1 Å². The number of nitrogens with two attached hydrogens (primary N) is 1. The zero-order valence-corrected chi connectivity index (χ0v) is 11.4. The van der Waals surface area contributed by atoms with Gasteiger partial charge >= 0.3 is 6.36 Å². The highest BCUT2D eigenvalue weighted by Crippen LogP contribution is 2.24. The third kappa shape index (κ3) is 5.96. The van der Waals surface area contributed by atoms with Gasteiger partial charge < -0.3 is 10.5 Å². The molecule has 0 spiro atoms. The molecule has 2 N–H and O–H groups in total. The van der Waals surface area contributed by atoms with Crippen LogP contribution in [0.1, 0.15) is 32.8 Å². The van der Waals surface area contributed by atoms with E-state index in [1.54, 1.807) is 12.1 Å². The molecule has 1 unspecified atom stereocenters. The van der Waals surface area contributed by atoms with E-state index in [0.717, 1.165) is 18.4 Å². The molecule has 0 radical (unpaired) electrons. The van der Waals surface area contributed by atoms with Crippen molar-refractivity contribution in [2.75, 3.05) is 0 Å². The summed E-state index contributed by atoms with van der Waals surface area (Å²) in [6, 6.07) is 5.97. The lowest BCUT2D eigenvalue weighted by atomic mass is 9.84. The molecule has 1 atom stereocenters. The third-order valence-electron chi connectivity index (χ3n) is 3.01. The second-order valence-electron chi connectivity index (χ2n) is 5.70. The molecule has 0 saturated carbocycles. The Balaban J connectivity index is 2.54. The van der Waals surface area contributed by atoms with E-state index in [2.05, 4.69) is 25.5 Å². The Bertz CT molecular complexity index is 393. The number of alkyl halides is 3. The van der Waals surface area contributed by atoms with Gasteiger partial charge in [0.1, 0.15) is 5.75 Å². The summed E-state index contributed by atoms with van der Waals surface area (Å²) in [5.41, 5.74) is 7.02. The van der Waals surface area contributed by atoms with E-state index in [0.29, 0.717) is 0 Å². The summed E-state index contributed by atoms with van der Waals surface area (Å²) in [6.07, 6.45) is -3.11. The SMILES string of the molecule is CC(C)(C)C(N)CCc1ccc(OC(F)(F)F)cc1. The fourth-order valence-corrected chi connectivity index (χ4v) is 1.61. The third-order valence-corrected chi connectivity index (χ3v) is 3.01. The lowest BCUT2D eigenvalue weighted by Crippen LogP contribution is -2.35.